The highest BCUT2D eigenvalue weighted by molar-refractivity contribution is 5.87. The van der Waals surface area contributed by atoms with E-state index < -0.39 is 0 Å². The normalized spacial score (nSPS) is 10.9. The van der Waals surface area contributed by atoms with Gasteiger partial charge in [-0.25, -0.2) is 14.6 Å². The molecule has 130 valence electrons. The number of phenols is 2. The fourth-order valence-electron chi connectivity index (χ4n) is 2.79. The Morgan fingerprint density at radius 2 is 1.81 bits per heavy atom. The van der Waals surface area contributed by atoms with Gasteiger partial charge in [0.1, 0.15) is 12.1 Å². The predicted molar refractivity (Wildman–Crippen MR) is 98.6 cm³/mol. The fourth-order valence-corrected chi connectivity index (χ4v) is 2.79. The molecule has 0 atom stereocenters. The van der Waals surface area contributed by atoms with E-state index in [9.17, 15) is 10.2 Å². The molecule has 0 saturated carbocycles. The van der Waals surface area contributed by atoms with Gasteiger partial charge in [0.05, 0.1) is 17.3 Å². The van der Waals surface area contributed by atoms with E-state index in [0.29, 0.717) is 18.8 Å². The van der Waals surface area contributed by atoms with Gasteiger partial charge in [-0.2, -0.15) is 5.10 Å². The van der Waals surface area contributed by atoms with Gasteiger partial charge in [0.25, 0.3) is 0 Å². The van der Waals surface area contributed by atoms with Crippen molar-refractivity contribution in [1.82, 2.24) is 19.7 Å². The molecule has 0 radical (unpaired) electrons. The molecule has 0 fully saturated rings. The van der Waals surface area contributed by atoms with Crippen molar-refractivity contribution in [2.45, 2.75) is 6.42 Å². The largest absolute Gasteiger partial charge is 0.504 e. The van der Waals surface area contributed by atoms with Gasteiger partial charge in [-0.1, -0.05) is 24.3 Å². The molecule has 0 amide bonds. The quantitative estimate of drug-likeness (QED) is 0.481. The van der Waals surface area contributed by atoms with Crippen molar-refractivity contribution in [1.29, 1.82) is 0 Å². The highest BCUT2D eigenvalue weighted by atomic mass is 16.3. The molecule has 0 aliphatic carbocycles. The molecule has 0 unspecified atom stereocenters. The number of hydrogen-bond acceptors (Lipinski definition) is 6. The summed E-state index contributed by atoms with van der Waals surface area (Å²) < 4.78 is 1.78. The number of benzene rings is 2. The molecule has 7 nitrogen and oxygen atoms in total. The number of aromatic hydroxyl groups is 2. The van der Waals surface area contributed by atoms with Crippen molar-refractivity contribution in [3.8, 4) is 17.2 Å². The summed E-state index contributed by atoms with van der Waals surface area (Å²) in [6.45, 7) is 0.618. The van der Waals surface area contributed by atoms with Gasteiger partial charge in [-0.05, 0) is 36.2 Å². The van der Waals surface area contributed by atoms with Crippen LogP contribution in [0.25, 0.3) is 16.7 Å². The Bertz CT molecular complexity index is 1050. The van der Waals surface area contributed by atoms with Crippen LogP contribution in [0.4, 0.5) is 5.82 Å². The maximum absolute atomic E-state index is 9.57. The van der Waals surface area contributed by atoms with Crippen LogP contribution in [-0.4, -0.2) is 36.5 Å². The van der Waals surface area contributed by atoms with Crippen molar-refractivity contribution in [2.75, 3.05) is 11.9 Å². The molecule has 0 aliphatic heterocycles. The molecule has 4 aromatic rings. The summed E-state index contributed by atoms with van der Waals surface area (Å²) in [5, 5.41) is 27.5. The molecule has 26 heavy (non-hydrogen) atoms. The van der Waals surface area contributed by atoms with E-state index in [4.69, 9.17) is 0 Å². The standard InChI is InChI=1S/C19H17N5O2/c25-16-7-6-13(10-17(16)26)8-9-20-18-15-11-23-24(19(15)22-12-21-18)14-4-2-1-3-5-14/h1-7,10-12,25-26H,8-9H2,(H,20,21,22). The Balaban J connectivity index is 1.54. The van der Waals surface area contributed by atoms with Crippen LogP contribution in [0.15, 0.2) is 61.1 Å². The number of rotatable bonds is 5. The smallest absolute Gasteiger partial charge is 0.168 e. The first-order chi connectivity index (χ1) is 12.7. The minimum atomic E-state index is -0.118. The Morgan fingerprint density at radius 3 is 2.62 bits per heavy atom. The summed E-state index contributed by atoms with van der Waals surface area (Å²) in [5.74, 6) is 0.476. The first-order valence-corrected chi connectivity index (χ1v) is 8.21. The second-order valence-electron chi connectivity index (χ2n) is 5.85. The Hall–Kier alpha value is -3.61. The van der Waals surface area contributed by atoms with Crippen LogP contribution >= 0.6 is 0 Å². The van der Waals surface area contributed by atoms with Crippen molar-refractivity contribution >= 4 is 16.9 Å². The van der Waals surface area contributed by atoms with E-state index in [1.807, 2.05) is 30.3 Å². The SMILES string of the molecule is Oc1ccc(CCNc2ncnc3c2cnn3-c2ccccc2)cc1O. The molecule has 2 aromatic heterocycles. The summed E-state index contributed by atoms with van der Waals surface area (Å²) in [4.78, 5) is 8.67. The van der Waals surface area contributed by atoms with Crippen LogP contribution in [-0.2, 0) is 6.42 Å². The van der Waals surface area contributed by atoms with E-state index in [1.165, 1.54) is 12.4 Å². The number of nitrogens with one attached hydrogen (secondary N) is 1. The molecule has 0 saturated heterocycles. The molecule has 2 heterocycles. The van der Waals surface area contributed by atoms with Gasteiger partial charge in [-0.3, -0.25) is 0 Å². The van der Waals surface area contributed by atoms with Crippen LogP contribution in [0.3, 0.4) is 0 Å². The van der Waals surface area contributed by atoms with E-state index in [0.717, 1.165) is 22.3 Å². The molecular weight excluding hydrogens is 330 g/mol. The minimum Gasteiger partial charge on any atom is -0.504 e. The third-order valence-electron chi connectivity index (χ3n) is 4.11. The van der Waals surface area contributed by atoms with E-state index in [-0.39, 0.29) is 11.5 Å². The van der Waals surface area contributed by atoms with E-state index in [1.54, 1.807) is 23.0 Å². The van der Waals surface area contributed by atoms with E-state index >= 15 is 0 Å². The summed E-state index contributed by atoms with van der Waals surface area (Å²) in [6.07, 6.45) is 3.93. The number of aromatic nitrogens is 4. The van der Waals surface area contributed by atoms with Crippen LogP contribution in [0, 0.1) is 0 Å². The zero-order chi connectivity index (χ0) is 17.9. The fraction of sp³-hybridized carbons (Fsp3) is 0.105. The average molecular weight is 347 g/mol. The Morgan fingerprint density at radius 1 is 0.962 bits per heavy atom. The minimum absolute atomic E-state index is 0.115. The summed E-state index contributed by atoms with van der Waals surface area (Å²) in [6, 6.07) is 14.6. The predicted octanol–water partition coefficient (Wildman–Crippen LogP) is 2.88. The second kappa shape index (κ2) is 6.72. The first kappa shape index (κ1) is 15.9. The second-order valence-corrected chi connectivity index (χ2v) is 5.85. The number of hydrogen-bond donors (Lipinski definition) is 3. The molecule has 0 spiro atoms. The lowest BCUT2D eigenvalue weighted by atomic mass is 10.1. The first-order valence-electron chi connectivity index (χ1n) is 8.21. The van der Waals surface area contributed by atoms with Crippen molar-refractivity contribution in [3.05, 3.63) is 66.6 Å². The lowest BCUT2D eigenvalue weighted by molar-refractivity contribution is 0.403. The lowest BCUT2D eigenvalue weighted by Crippen LogP contribution is -2.07. The van der Waals surface area contributed by atoms with Gasteiger partial charge in [0, 0.05) is 6.54 Å². The topological polar surface area (TPSA) is 96.1 Å². The zero-order valence-electron chi connectivity index (χ0n) is 13.9. The van der Waals surface area contributed by atoms with Crippen LogP contribution in [0.1, 0.15) is 5.56 Å². The monoisotopic (exact) mass is 347 g/mol. The molecular formula is C19H17N5O2. The maximum Gasteiger partial charge on any atom is 0.168 e. The Labute approximate surface area is 149 Å². The number of phenolic OH excluding ortho intramolecular Hbond substituents is 2. The Kier molecular flexibility index (Phi) is 4.10. The number of fused-ring (bicyclic) bond motifs is 1. The van der Waals surface area contributed by atoms with Crippen molar-refractivity contribution < 1.29 is 10.2 Å². The van der Waals surface area contributed by atoms with Gasteiger partial charge < -0.3 is 15.5 Å². The average Bonchev–Trinajstić information content (AvgIpc) is 3.10. The zero-order valence-corrected chi connectivity index (χ0v) is 13.9. The molecule has 7 heteroatoms. The lowest BCUT2D eigenvalue weighted by Gasteiger charge is -2.08. The highest BCUT2D eigenvalue weighted by Gasteiger charge is 2.10. The molecule has 0 bridgehead atoms. The van der Waals surface area contributed by atoms with Crippen LogP contribution < -0.4 is 5.32 Å². The molecule has 3 N–H and O–H groups in total. The van der Waals surface area contributed by atoms with Gasteiger partial charge in [-0.15, -0.1) is 0 Å². The maximum atomic E-state index is 9.57. The molecule has 0 aliphatic rings. The number of anilines is 1. The van der Waals surface area contributed by atoms with E-state index in [2.05, 4.69) is 20.4 Å². The van der Waals surface area contributed by atoms with Gasteiger partial charge in [0.15, 0.2) is 17.1 Å². The molecule has 2 aromatic carbocycles. The van der Waals surface area contributed by atoms with Crippen molar-refractivity contribution in [2.24, 2.45) is 0 Å². The summed E-state index contributed by atoms with van der Waals surface area (Å²) >= 11 is 0. The summed E-state index contributed by atoms with van der Waals surface area (Å²) in [5.41, 5.74) is 2.58. The van der Waals surface area contributed by atoms with Gasteiger partial charge >= 0.3 is 0 Å². The van der Waals surface area contributed by atoms with Crippen LogP contribution in [0.2, 0.25) is 0 Å². The third-order valence-corrected chi connectivity index (χ3v) is 4.11. The van der Waals surface area contributed by atoms with Crippen molar-refractivity contribution in [3.63, 3.8) is 0 Å². The molecule has 4 rings (SSSR count). The van der Waals surface area contributed by atoms with Gasteiger partial charge in [0.2, 0.25) is 0 Å². The highest BCUT2D eigenvalue weighted by Crippen LogP contribution is 2.25. The third kappa shape index (κ3) is 3.02. The number of para-hydroxylation sites is 1. The summed E-state index contributed by atoms with van der Waals surface area (Å²) in [7, 11) is 0. The number of nitrogens with zero attached hydrogens (tertiary/aromatic N) is 4. The van der Waals surface area contributed by atoms with Crippen LogP contribution in [0.5, 0.6) is 11.5 Å².